The maximum Gasteiger partial charge on any atom is 0.416 e. The lowest BCUT2D eigenvalue weighted by atomic mass is 9.91. The molecule has 2 aromatic rings. The third-order valence-electron chi connectivity index (χ3n) is 3.48. The van der Waals surface area contributed by atoms with Gasteiger partial charge in [-0.15, -0.1) is 6.42 Å². The maximum absolute atomic E-state index is 12.6. The number of terminal acetylenes is 1. The van der Waals surface area contributed by atoms with Crippen molar-refractivity contribution in [2.45, 2.75) is 12.1 Å². The van der Waals surface area contributed by atoms with Crippen LogP contribution in [0.15, 0.2) is 48.5 Å². The van der Waals surface area contributed by atoms with Gasteiger partial charge in [-0.05, 0) is 35.4 Å². The molecule has 1 atom stereocenters. The van der Waals surface area contributed by atoms with Gasteiger partial charge < -0.3 is 4.90 Å². The predicted molar refractivity (Wildman–Crippen MR) is 82.9 cm³/mol. The highest BCUT2D eigenvalue weighted by Gasteiger charge is 2.30. The van der Waals surface area contributed by atoms with Crippen LogP contribution in [0.4, 0.5) is 18.9 Å². The van der Waals surface area contributed by atoms with Crippen molar-refractivity contribution in [1.29, 1.82) is 0 Å². The quantitative estimate of drug-likeness (QED) is 0.753. The third-order valence-corrected chi connectivity index (χ3v) is 3.48. The molecule has 0 aliphatic carbocycles. The molecule has 1 unspecified atom stereocenters. The fourth-order valence-electron chi connectivity index (χ4n) is 2.21. The highest BCUT2D eigenvalue weighted by molar-refractivity contribution is 5.49. The zero-order valence-electron chi connectivity index (χ0n) is 12.4. The van der Waals surface area contributed by atoms with Crippen molar-refractivity contribution in [2.75, 3.05) is 19.0 Å². The van der Waals surface area contributed by atoms with E-state index in [9.17, 15) is 13.2 Å². The number of alkyl halides is 3. The molecule has 0 fully saturated rings. The molecule has 0 heterocycles. The van der Waals surface area contributed by atoms with Crippen molar-refractivity contribution in [3.8, 4) is 12.3 Å². The summed E-state index contributed by atoms with van der Waals surface area (Å²) in [5, 5.41) is 0. The fourth-order valence-corrected chi connectivity index (χ4v) is 2.21. The average Bonchev–Trinajstić information content (AvgIpc) is 2.48. The van der Waals surface area contributed by atoms with Crippen molar-refractivity contribution >= 4 is 5.69 Å². The molecule has 0 amide bonds. The van der Waals surface area contributed by atoms with Crippen molar-refractivity contribution in [1.82, 2.24) is 0 Å². The van der Waals surface area contributed by atoms with Crippen LogP contribution in [0.25, 0.3) is 0 Å². The van der Waals surface area contributed by atoms with Crippen LogP contribution in [0, 0.1) is 12.3 Å². The van der Waals surface area contributed by atoms with Gasteiger partial charge in [-0.2, -0.15) is 13.2 Å². The molecule has 0 aliphatic heterocycles. The van der Waals surface area contributed by atoms with Crippen molar-refractivity contribution in [3.05, 3.63) is 65.2 Å². The smallest absolute Gasteiger partial charge is 0.378 e. The van der Waals surface area contributed by atoms with E-state index in [2.05, 4.69) is 5.92 Å². The Kier molecular flexibility index (Phi) is 4.46. The molecule has 0 spiro atoms. The first-order valence-corrected chi connectivity index (χ1v) is 6.73. The van der Waals surface area contributed by atoms with Crippen LogP contribution in [0.2, 0.25) is 0 Å². The maximum atomic E-state index is 12.6. The Hall–Kier alpha value is -2.41. The minimum Gasteiger partial charge on any atom is -0.378 e. The van der Waals surface area contributed by atoms with Crippen LogP contribution in [-0.2, 0) is 6.18 Å². The number of nitrogens with zero attached hydrogens (tertiary/aromatic N) is 1. The highest BCUT2D eigenvalue weighted by Crippen LogP contribution is 2.31. The number of halogens is 3. The summed E-state index contributed by atoms with van der Waals surface area (Å²) in [4.78, 5) is 1.97. The largest absolute Gasteiger partial charge is 0.416 e. The van der Waals surface area contributed by atoms with E-state index >= 15 is 0 Å². The van der Waals surface area contributed by atoms with Crippen LogP contribution in [0.3, 0.4) is 0 Å². The molecule has 114 valence electrons. The molecule has 22 heavy (non-hydrogen) atoms. The standard InChI is InChI=1S/C18H16F3N/c1-4-17(14-7-11-16(12-8-14)22(2)3)13-5-9-15(10-6-13)18(19,20)21/h1,5-12,17H,2-3H3. The average molecular weight is 303 g/mol. The first-order valence-electron chi connectivity index (χ1n) is 6.73. The Balaban J connectivity index is 2.30. The summed E-state index contributed by atoms with van der Waals surface area (Å²) in [6.45, 7) is 0. The van der Waals surface area contributed by atoms with E-state index in [4.69, 9.17) is 6.42 Å². The number of hydrogen-bond acceptors (Lipinski definition) is 1. The van der Waals surface area contributed by atoms with E-state index < -0.39 is 11.7 Å². The molecule has 1 nitrogen and oxygen atoms in total. The van der Waals surface area contributed by atoms with E-state index in [1.54, 1.807) is 0 Å². The second-order valence-electron chi connectivity index (χ2n) is 5.21. The lowest BCUT2D eigenvalue weighted by Crippen LogP contribution is -2.09. The second kappa shape index (κ2) is 6.15. The summed E-state index contributed by atoms with van der Waals surface area (Å²) >= 11 is 0. The number of hydrogen-bond donors (Lipinski definition) is 0. The predicted octanol–water partition coefficient (Wildman–Crippen LogP) is 4.54. The topological polar surface area (TPSA) is 3.24 Å². The van der Waals surface area contributed by atoms with Gasteiger partial charge in [0, 0.05) is 19.8 Å². The summed E-state index contributed by atoms with van der Waals surface area (Å²) in [6, 6.07) is 12.7. The minimum atomic E-state index is -4.34. The summed E-state index contributed by atoms with van der Waals surface area (Å²) in [7, 11) is 3.87. The molecule has 0 radical (unpaired) electrons. The SMILES string of the molecule is C#CC(c1ccc(N(C)C)cc1)c1ccc(C(F)(F)F)cc1. The van der Waals surface area contributed by atoms with Gasteiger partial charge in [0.2, 0.25) is 0 Å². The molecule has 0 saturated heterocycles. The molecule has 2 aromatic carbocycles. The zero-order valence-corrected chi connectivity index (χ0v) is 12.4. The number of benzene rings is 2. The Morgan fingerprint density at radius 2 is 1.36 bits per heavy atom. The molecule has 2 rings (SSSR count). The second-order valence-corrected chi connectivity index (χ2v) is 5.21. The van der Waals surface area contributed by atoms with Gasteiger partial charge in [-0.3, -0.25) is 0 Å². The van der Waals surface area contributed by atoms with Crippen molar-refractivity contribution in [3.63, 3.8) is 0 Å². The molecular formula is C18H16F3N. The van der Waals surface area contributed by atoms with Crippen LogP contribution in [0.5, 0.6) is 0 Å². The Labute approximate surface area is 128 Å². The van der Waals surface area contributed by atoms with Crippen LogP contribution in [0.1, 0.15) is 22.6 Å². The lowest BCUT2D eigenvalue weighted by Gasteiger charge is -2.16. The van der Waals surface area contributed by atoms with E-state index in [1.807, 2.05) is 43.3 Å². The van der Waals surface area contributed by atoms with E-state index in [0.29, 0.717) is 5.56 Å². The van der Waals surface area contributed by atoms with E-state index in [1.165, 1.54) is 12.1 Å². The lowest BCUT2D eigenvalue weighted by molar-refractivity contribution is -0.137. The summed E-state index contributed by atoms with van der Waals surface area (Å²) in [5.41, 5.74) is 1.92. The zero-order chi connectivity index (χ0) is 16.3. The van der Waals surface area contributed by atoms with Gasteiger partial charge in [-0.25, -0.2) is 0 Å². The van der Waals surface area contributed by atoms with Crippen molar-refractivity contribution in [2.24, 2.45) is 0 Å². The molecule has 0 bridgehead atoms. The summed E-state index contributed by atoms with van der Waals surface area (Å²) in [6.07, 6.45) is 1.24. The minimum absolute atomic E-state index is 0.363. The van der Waals surface area contributed by atoms with Gasteiger partial charge in [0.05, 0.1) is 11.5 Å². The van der Waals surface area contributed by atoms with E-state index in [0.717, 1.165) is 23.4 Å². The Bertz CT molecular complexity index is 661. The fraction of sp³-hybridized carbons (Fsp3) is 0.222. The first-order chi connectivity index (χ1) is 10.3. The third kappa shape index (κ3) is 3.43. The Morgan fingerprint density at radius 3 is 1.73 bits per heavy atom. The molecule has 4 heteroatoms. The molecule has 0 saturated carbocycles. The molecule has 0 aliphatic rings. The number of rotatable bonds is 3. The van der Waals surface area contributed by atoms with E-state index in [-0.39, 0.29) is 5.92 Å². The normalized spacial score (nSPS) is 12.5. The number of anilines is 1. The Morgan fingerprint density at radius 1 is 0.909 bits per heavy atom. The molecular weight excluding hydrogens is 287 g/mol. The van der Waals surface area contributed by atoms with Gasteiger partial charge in [0.15, 0.2) is 0 Å². The molecule has 0 aromatic heterocycles. The molecule has 0 N–H and O–H groups in total. The van der Waals surface area contributed by atoms with Gasteiger partial charge in [0.1, 0.15) is 0 Å². The van der Waals surface area contributed by atoms with Gasteiger partial charge in [-0.1, -0.05) is 30.2 Å². The highest BCUT2D eigenvalue weighted by atomic mass is 19.4. The summed E-state index contributed by atoms with van der Waals surface area (Å²) in [5.74, 6) is 2.28. The first kappa shape index (κ1) is 16.0. The van der Waals surface area contributed by atoms with Crippen LogP contribution in [-0.4, -0.2) is 14.1 Å². The van der Waals surface area contributed by atoms with Gasteiger partial charge in [0.25, 0.3) is 0 Å². The summed E-state index contributed by atoms with van der Waals surface area (Å²) < 4.78 is 37.8. The van der Waals surface area contributed by atoms with Crippen LogP contribution < -0.4 is 4.90 Å². The van der Waals surface area contributed by atoms with Crippen LogP contribution >= 0.6 is 0 Å². The van der Waals surface area contributed by atoms with Crippen molar-refractivity contribution < 1.29 is 13.2 Å². The monoisotopic (exact) mass is 303 g/mol. The van der Waals surface area contributed by atoms with Gasteiger partial charge >= 0.3 is 6.18 Å².